The first kappa shape index (κ1) is 33.5. The molecule has 248 valence electrons. The van der Waals surface area contributed by atoms with E-state index in [4.69, 9.17) is 9.47 Å². The number of carbonyl (C=O) groups is 4. The molecule has 12 heteroatoms. The maximum Gasteiger partial charge on any atom is 0.408 e. The Morgan fingerprint density at radius 1 is 0.708 bits per heavy atom. The maximum atomic E-state index is 13.9. The molecule has 0 unspecified atom stereocenters. The van der Waals surface area contributed by atoms with Gasteiger partial charge in [-0.25, -0.2) is 14.6 Å². The van der Waals surface area contributed by atoms with Crippen LogP contribution in [-0.4, -0.2) is 63.6 Å². The number of nitrogens with zero attached hydrogens (tertiary/aromatic N) is 1. The van der Waals surface area contributed by atoms with Gasteiger partial charge < -0.3 is 35.4 Å². The van der Waals surface area contributed by atoms with Crippen LogP contribution in [-0.2, 0) is 49.7 Å². The van der Waals surface area contributed by atoms with Gasteiger partial charge in [0.2, 0.25) is 11.8 Å². The Morgan fingerprint density at radius 2 is 1.35 bits per heavy atom. The van der Waals surface area contributed by atoms with Crippen molar-refractivity contribution in [3.63, 3.8) is 0 Å². The van der Waals surface area contributed by atoms with Gasteiger partial charge in [0, 0.05) is 48.3 Å². The van der Waals surface area contributed by atoms with Crippen LogP contribution in [0.5, 0.6) is 0 Å². The molecule has 0 fully saturated rings. The summed E-state index contributed by atoms with van der Waals surface area (Å²) in [6.07, 6.45) is 4.34. The van der Waals surface area contributed by atoms with Crippen LogP contribution in [0.2, 0.25) is 0 Å². The molecular formula is C36H38N6O6. The second-order valence-corrected chi connectivity index (χ2v) is 11.2. The molecule has 3 amide bonds. The molecular weight excluding hydrogens is 612 g/mol. The maximum absolute atomic E-state index is 13.9. The molecule has 12 nitrogen and oxygen atoms in total. The average molecular weight is 651 g/mol. The lowest BCUT2D eigenvalue weighted by molar-refractivity contribution is -0.147. The van der Waals surface area contributed by atoms with Crippen LogP contribution < -0.4 is 16.0 Å². The van der Waals surface area contributed by atoms with Crippen molar-refractivity contribution in [3.8, 4) is 0 Å². The van der Waals surface area contributed by atoms with Crippen LogP contribution in [0.3, 0.4) is 0 Å². The molecule has 0 saturated carbocycles. The molecule has 3 atom stereocenters. The van der Waals surface area contributed by atoms with Crippen LogP contribution in [0, 0.1) is 0 Å². The van der Waals surface area contributed by atoms with Gasteiger partial charge >= 0.3 is 12.1 Å². The number of benzene rings is 3. The van der Waals surface area contributed by atoms with Gasteiger partial charge in [-0.05, 0) is 29.7 Å². The van der Waals surface area contributed by atoms with Crippen molar-refractivity contribution in [3.05, 3.63) is 126 Å². The number of carbonyl (C=O) groups excluding carboxylic acids is 4. The van der Waals surface area contributed by atoms with Gasteiger partial charge in [-0.2, -0.15) is 0 Å². The highest BCUT2D eigenvalue weighted by Crippen LogP contribution is 2.20. The fourth-order valence-corrected chi connectivity index (χ4v) is 5.29. The van der Waals surface area contributed by atoms with E-state index in [1.54, 1.807) is 19.3 Å². The molecule has 48 heavy (non-hydrogen) atoms. The minimum atomic E-state index is -1.12. The summed E-state index contributed by atoms with van der Waals surface area (Å²) in [6, 6.07) is 22.7. The van der Waals surface area contributed by atoms with Crippen LogP contribution >= 0.6 is 0 Å². The second kappa shape index (κ2) is 16.6. The molecule has 5 aromatic rings. The average Bonchev–Trinajstić information content (AvgIpc) is 3.77. The number of para-hydroxylation sites is 1. The van der Waals surface area contributed by atoms with Crippen LogP contribution in [0.15, 0.2) is 104 Å². The van der Waals surface area contributed by atoms with Gasteiger partial charge in [0.05, 0.1) is 12.9 Å². The molecule has 5 N–H and O–H groups in total. The Morgan fingerprint density at radius 3 is 2.04 bits per heavy atom. The van der Waals surface area contributed by atoms with E-state index < -0.39 is 42.0 Å². The van der Waals surface area contributed by atoms with Gasteiger partial charge in [0.1, 0.15) is 24.7 Å². The number of nitrogens with one attached hydrogen (secondary N) is 5. The Balaban J connectivity index is 1.34. The van der Waals surface area contributed by atoms with Gasteiger partial charge in [-0.15, -0.1) is 0 Å². The van der Waals surface area contributed by atoms with Crippen molar-refractivity contribution >= 4 is 34.8 Å². The third kappa shape index (κ3) is 9.32. The number of esters is 1. The van der Waals surface area contributed by atoms with Crippen molar-refractivity contribution in [2.75, 3.05) is 6.61 Å². The molecule has 2 aromatic heterocycles. The summed E-state index contributed by atoms with van der Waals surface area (Å²) in [4.78, 5) is 63.8. The topological polar surface area (TPSA) is 167 Å². The highest BCUT2D eigenvalue weighted by molar-refractivity contribution is 5.94. The van der Waals surface area contributed by atoms with Crippen LogP contribution in [0.1, 0.15) is 29.3 Å². The lowest BCUT2D eigenvalue weighted by Gasteiger charge is -2.25. The number of H-pyrrole nitrogens is 2. The number of aromatic amines is 2. The summed E-state index contributed by atoms with van der Waals surface area (Å²) in [5, 5.41) is 9.18. The number of imidazole rings is 1. The number of alkyl carbamates (subject to hydrolysis) is 1. The second-order valence-electron chi connectivity index (χ2n) is 11.2. The van der Waals surface area contributed by atoms with E-state index in [2.05, 4.69) is 30.9 Å². The number of ether oxygens (including phenoxy) is 2. The predicted octanol–water partition coefficient (Wildman–Crippen LogP) is 3.75. The van der Waals surface area contributed by atoms with Crippen molar-refractivity contribution in [1.29, 1.82) is 0 Å². The van der Waals surface area contributed by atoms with Gasteiger partial charge in [-0.1, -0.05) is 78.9 Å². The van der Waals surface area contributed by atoms with Crippen molar-refractivity contribution < 1.29 is 28.7 Å². The number of hydrogen-bond donors (Lipinski definition) is 5. The molecule has 0 spiro atoms. The minimum absolute atomic E-state index is 0.00971. The number of aromatic nitrogens is 3. The number of fused-ring (bicyclic) bond motifs is 1. The van der Waals surface area contributed by atoms with Crippen molar-refractivity contribution in [2.45, 2.75) is 50.9 Å². The first-order valence-electron chi connectivity index (χ1n) is 15.7. The molecule has 0 saturated heterocycles. The first-order chi connectivity index (χ1) is 23.4. The highest BCUT2D eigenvalue weighted by Gasteiger charge is 2.31. The fourth-order valence-electron chi connectivity index (χ4n) is 5.29. The zero-order valence-corrected chi connectivity index (χ0v) is 26.5. The molecule has 0 bridgehead atoms. The fraction of sp³-hybridized carbons (Fsp3) is 0.250. The monoisotopic (exact) mass is 650 g/mol. The van der Waals surface area contributed by atoms with E-state index in [1.165, 1.54) is 6.33 Å². The van der Waals surface area contributed by atoms with Crippen molar-refractivity contribution in [2.24, 2.45) is 0 Å². The number of hydrogen-bond acceptors (Lipinski definition) is 7. The summed E-state index contributed by atoms with van der Waals surface area (Å²) >= 11 is 0. The lowest BCUT2D eigenvalue weighted by atomic mass is 10.0. The van der Waals surface area contributed by atoms with Gasteiger partial charge in [0.25, 0.3) is 0 Å². The molecule has 3 aromatic carbocycles. The Labute approximate surface area is 277 Å². The van der Waals surface area contributed by atoms with Gasteiger partial charge in [0.15, 0.2) is 0 Å². The largest absolute Gasteiger partial charge is 0.464 e. The molecule has 2 heterocycles. The molecule has 0 aliphatic heterocycles. The zero-order chi connectivity index (χ0) is 33.7. The quantitative estimate of drug-likeness (QED) is 0.108. The Kier molecular flexibility index (Phi) is 11.6. The molecule has 0 aliphatic carbocycles. The third-order valence-electron chi connectivity index (χ3n) is 7.70. The predicted molar refractivity (Wildman–Crippen MR) is 178 cm³/mol. The van der Waals surface area contributed by atoms with E-state index in [9.17, 15) is 19.2 Å². The summed E-state index contributed by atoms with van der Waals surface area (Å²) < 4.78 is 10.7. The van der Waals surface area contributed by atoms with E-state index in [0.29, 0.717) is 5.69 Å². The van der Waals surface area contributed by atoms with Gasteiger partial charge in [-0.3, -0.25) is 9.59 Å². The number of rotatable bonds is 15. The van der Waals surface area contributed by atoms with Crippen LogP contribution in [0.4, 0.5) is 4.79 Å². The Bertz CT molecular complexity index is 1790. The summed E-state index contributed by atoms with van der Waals surface area (Å²) in [6.45, 7) is 1.83. The number of amides is 3. The summed E-state index contributed by atoms with van der Waals surface area (Å²) in [5.74, 6) is -1.81. The van der Waals surface area contributed by atoms with E-state index in [0.717, 1.165) is 27.6 Å². The lowest BCUT2D eigenvalue weighted by Crippen LogP contribution is -2.57. The Hall–Kier alpha value is -5.91. The van der Waals surface area contributed by atoms with E-state index in [1.807, 2.05) is 84.9 Å². The smallest absolute Gasteiger partial charge is 0.408 e. The molecule has 5 rings (SSSR count). The SMILES string of the molecule is CCOC(=O)[C@@H](Cc1c[nH]c2ccccc12)NC(=O)[C@H](Cc1ccccc1)NC(=O)[C@@H](Cc1cnc[nH]1)NC(=O)OCc1ccccc1. The third-order valence-corrected chi connectivity index (χ3v) is 7.70. The standard InChI is InChI=1S/C36H38N6O6/c1-2-47-35(45)32(18-26-20-38-29-16-10-9-15-28(26)29)41-33(43)30(17-24-11-5-3-6-12-24)40-34(44)31(19-27-21-37-23-39-27)42-36(46)48-22-25-13-7-4-8-14-25/h3-16,20-21,23,30-32,38H,2,17-19,22H2,1H3,(H,37,39)(H,40,44)(H,41,43)(H,42,46)/t30-,31+,32+/m0/s1. The zero-order valence-electron chi connectivity index (χ0n) is 26.5. The normalized spacial score (nSPS) is 12.8. The summed E-state index contributed by atoms with van der Waals surface area (Å²) in [7, 11) is 0. The summed E-state index contributed by atoms with van der Waals surface area (Å²) in [5.41, 5.74) is 3.87. The molecule has 0 aliphatic rings. The van der Waals surface area contributed by atoms with E-state index >= 15 is 0 Å². The first-order valence-corrected chi connectivity index (χ1v) is 15.7. The highest BCUT2D eigenvalue weighted by atomic mass is 16.5. The van der Waals surface area contributed by atoms with Crippen molar-refractivity contribution in [1.82, 2.24) is 30.9 Å². The van der Waals surface area contributed by atoms with E-state index in [-0.39, 0.29) is 32.5 Å². The van der Waals surface area contributed by atoms with Crippen LogP contribution in [0.25, 0.3) is 10.9 Å². The molecule has 0 radical (unpaired) electrons. The minimum Gasteiger partial charge on any atom is -0.464 e.